The molecule has 2 amide bonds. The van der Waals surface area contributed by atoms with Crippen LogP contribution in [0.25, 0.3) is 0 Å². The van der Waals surface area contributed by atoms with Crippen molar-refractivity contribution < 1.29 is 14.3 Å². The topological polar surface area (TPSA) is 58.6 Å². The number of carbonyl (C=O) groups is 2. The first-order valence-electron chi connectivity index (χ1n) is 6.76. The summed E-state index contributed by atoms with van der Waals surface area (Å²) < 4.78 is 5.11. The van der Waals surface area contributed by atoms with Crippen LogP contribution in [-0.4, -0.2) is 36.9 Å². The lowest BCUT2D eigenvalue weighted by molar-refractivity contribution is -0.145. The number of nitrogens with zero attached hydrogens (tertiary/aromatic N) is 1. The van der Waals surface area contributed by atoms with Gasteiger partial charge >= 0.3 is 0 Å². The lowest BCUT2D eigenvalue weighted by Gasteiger charge is -2.36. The molecule has 1 aromatic carbocycles. The third kappa shape index (κ3) is 2.76. The molecule has 1 N–H and O–H groups in total. The first-order valence-corrected chi connectivity index (χ1v) is 6.76. The molecule has 5 nitrogen and oxygen atoms in total. The Hall–Kier alpha value is -2.04. The summed E-state index contributed by atoms with van der Waals surface area (Å²) >= 11 is 0. The highest BCUT2D eigenvalue weighted by Gasteiger charge is 2.34. The van der Waals surface area contributed by atoms with E-state index in [1.54, 1.807) is 24.1 Å². The second-order valence-corrected chi connectivity index (χ2v) is 5.15. The maximum absolute atomic E-state index is 12.3. The van der Waals surface area contributed by atoms with Crippen molar-refractivity contribution in [1.82, 2.24) is 10.2 Å². The van der Waals surface area contributed by atoms with Crippen molar-refractivity contribution in [2.75, 3.05) is 20.2 Å². The fourth-order valence-corrected chi connectivity index (χ4v) is 2.35. The molecule has 1 aromatic rings. The first-order chi connectivity index (χ1) is 9.54. The molecular weight excluding hydrogens is 256 g/mol. The summed E-state index contributed by atoms with van der Waals surface area (Å²) in [4.78, 5) is 26.1. The minimum atomic E-state index is -0.551. The number of piperazine rings is 1. The zero-order chi connectivity index (χ0) is 14.7. The molecule has 1 unspecified atom stereocenters. The quantitative estimate of drug-likeness (QED) is 0.906. The molecule has 0 bridgehead atoms. The smallest absolute Gasteiger partial charge is 0.247 e. The predicted molar refractivity (Wildman–Crippen MR) is 75.3 cm³/mol. The summed E-state index contributed by atoms with van der Waals surface area (Å²) in [5, 5.41) is 2.82. The summed E-state index contributed by atoms with van der Waals surface area (Å²) in [6, 6.07) is 6.71. The molecule has 0 spiro atoms. The average Bonchev–Trinajstić information content (AvgIpc) is 2.46. The molecule has 0 aromatic heterocycles. The van der Waals surface area contributed by atoms with Crippen LogP contribution in [0.2, 0.25) is 0 Å². The van der Waals surface area contributed by atoms with Crippen LogP contribution in [0.15, 0.2) is 24.3 Å². The van der Waals surface area contributed by atoms with Gasteiger partial charge in [-0.2, -0.15) is 0 Å². The van der Waals surface area contributed by atoms with E-state index in [4.69, 9.17) is 4.74 Å². The molecule has 1 aliphatic heterocycles. The number of amides is 2. The maximum atomic E-state index is 12.3. The van der Waals surface area contributed by atoms with E-state index in [2.05, 4.69) is 5.32 Å². The standard InChI is InChI=1S/C15H20N2O3/c1-10(2)15(19)17-9-8-16-14(18)13(17)11-4-6-12(20-3)7-5-11/h4-7,10,13H,8-9H2,1-3H3,(H,16,18). The third-order valence-electron chi connectivity index (χ3n) is 3.42. The van der Waals surface area contributed by atoms with Crippen LogP contribution in [0.3, 0.4) is 0 Å². The second-order valence-electron chi connectivity index (χ2n) is 5.15. The van der Waals surface area contributed by atoms with E-state index in [1.807, 2.05) is 26.0 Å². The number of ether oxygens (including phenoxy) is 1. The van der Waals surface area contributed by atoms with Crippen molar-refractivity contribution >= 4 is 11.8 Å². The zero-order valence-electron chi connectivity index (χ0n) is 12.1. The van der Waals surface area contributed by atoms with Crippen LogP contribution >= 0.6 is 0 Å². The molecule has 5 heteroatoms. The van der Waals surface area contributed by atoms with Gasteiger partial charge in [0.05, 0.1) is 7.11 Å². The molecule has 1 saturated heterocycles. The van der Waals surface area contributed by atoms with Gasteiger partial charge in [0, 0.05) is 19.0 Å². The zero-order valence-corrected chi connectivity index (χ0v) is 12.1. The molecular formula is C15H20N2O3. The molecule has 0 aliphatic carbocycles. The summed E-state index contributed by atoms with van der Waals surface area (Å²) in [6.07, 6.45) is 0. The Labute approximate surface area is 118 Å². The molecule has 2 rings (SSSR count). The van der Waals surface area contributed by atoms with Crippen LogP contribution in [0.4, 0.5) is 0 Å². The van der Waals surface area contributed by atoms with Crippen LogP contribution in [0.1, 0.15) is 25.5 Å². The summed E-state index contributed by atoms with van der Waals surface area (Å²) in [6.45, 7) is 4.74. The lowest BCUT2D eigenvalue weighted by Crippen LogP contribution is -2.53. The highest BCUT2D eigenvalue weighted by molar-refractivity contribution is 5.90. The Kier molecular flexibility index (Phi) is 4.27. The summed E-state index contributed by atoms with van der Waals surface area (Å²) in [5.41, 5.74) is 0.803. The monoisotopic (exact) mass is 276 g/mol. The second kappa shape index (κ2) is 5.94. The Morgan fingerprint density at radius 1 is 1.35 bits per heavy atom. The van der Waals surface area contributed by atoms with Crippen LogP contribution < -0.4 is 10.1 Å². The first kappa shape index (κ1) is 14.4. The van der Waals surface area contributed by atoms with Crippen LogP contribution in [0.5, 0.6) is 5.75 Å². The fourth-order valence-electron chi connectivity index (χ4n) is 2.35. The number of hydrogen-bond donors (Lipinski definition) is 1. The van der Waals surface area contributed by atoms with E-state index in [1.165, 1.54) is 0 Å². The number of nitrogens with one attached hydrogen (secondary N) is 1. The van der Waals surface area contributed by atoms with E-state index in [-0.39, 0.29) is 17.7 Å². The third-order valence-corrected chi connectivity index (χ3v) is 3.42. The van der Waals surface area contributed by atoms with Crippen LogP contribution in [0, 0.1) is 5.92 Å². The highest BCUT2D eigenvalue weighted by atomic mass is 16.5. The molecule has 20 heavy (non-hydrogen) atoms. The van der Waals surface area contributed by atoms with E-state index in [0.717, 1.165) is 11.3 Å². The van der Waals surface area contributed by atoms with E-state index < -0.39 is 6.04 Å². The van der Waals surface area contributed by atoms with Gasteiger partial charge in [-0.3, -0.25) is 9.59 Å². The van der Waals surface area contributed by atoms with Gasteiger partial charge in [-0.25, -0.2) is 0 Å². The van der Waals surface area contributed by atoms with Crippen molar-refractivity contribution in [1.29, 1.82) is 0 Å². The van der Waals surface area contributed by atoms with Crippen molar-refractivity contribution in [2.45, 2.75) is 19.9 Å². The molecule has 1 fully saturated rings. The van der Waals surface area contributed by atoms with Gasteiger partial charge < -0.3 is 15.0 Å². The maximum Gasteiger partial charge on any atom is 0.247 e. The highest BCUT2D eigenvalue weighted by Crippen LogP contribution is 2.26. The minimum absolute atomic E-state index is 0.000619. The van der Waals surface area contributed by atoms with E-state index >= 15 is 0 Å². The summed E-state index contributed by atoms with van der Waals surface area (Å²) in [7, 11) is 1.59. The SMILES string of the molecule is COc1ccc(C2C(=O)NCCN2C(=O)C(C)C)cc1. The summed E-state index contributed by atoms with van der Waals surface area (Å²) in [5.74, 6) is 0.476. The van der Waals surface area contributed by atoms with Gasteiger partial charge in [-0.15, -0.1) is 0 Å². The molecule has 0 radical (unpaired) electrons. The number of carbonyl (C=O) groups excluding carboxylic acids is 2. The lowest BCUT2D eigenvalue weighted by atomic mass is 10.0. The molecule has 0 saturated carbocycles. The number of hydrogen-bond acceptors (Lipinski definition) is 3. The molecule has 1 atom stereocenters. The van der Waals surface area contributed by atoms with Gasteiger partial charge in [0.25, 0.3) is 0 Å². The molecule has 1 aliphatic rings. The van der Waals surface area contributed by atoms with Gasteiger partial charge in [-0.1, -0.05) is 26.0 Å². The van der Waals surface area contributed by atoms with E-state index in [0.29, 0.717) is 13.1 Å². The Balaban J connectivity index is 2.31. The normalized spacial score (nSPS) is 18.9. The predicted octanol–water partition coefficient (Wildman–Crippen LogP) is 1.35. The Morgan fingerprint density at radius 3 is 2.55 bits per heavy atom. The molecule has 1 heterocycles. The number of benzene rings is 1. The van der Waals surface area contributed by atoms with Gasteiger partial charge in [-0.05, 0) is 17.7 Å². The van der Waals surface area contributed by atoms with Crippen molar-refractivity contribution in [3.05, 3.63) is 29.8 Å². The largest absolute Gasteiger partial charge is 0.497 e. The van der Waals surface area contributed by atoms with Gasteiger partial charge in [0.2, 0.25) is 11.8 Å². The van der Waals surface area contributed by atoms with Crippen LogP contribution in [-0.2, 0) is 9.59 Å². The van der Waals surface area contributed by atoms with E-state index in [9.17, 15) is 9.59 Å². The Morgan fingerprint density at radius 2 is 2.00 bits per heavy atom. The van der Waals surface area contributed by atoms with Gasteiger partial charge in [0.15, 0.2) is 0 Å². The van der Waals surface area contributed by atoms with Crippen molar-refractivity contribution in [3.8, 4) is 5.75 Å². The Bertz CT molecular complexity index is 496. The fraction of sp³-hybridized carbons (Fsp3) is 0.467. The minimum Gasteiger partial charge on any atom is -0.497 e. The van der Waals surface area contributed by atoms with Crippen molar-refractivity contribution in [2.24, 2.45) is 5.92 Å². The molecule has 108 valence electrons. The average molecular weight is 276 g/mol. The number of methoxy groups -OCH3 is 1. The van der Waals surface area contributed by atoms with Crippen molar-refractivity contribution in [3.63, 3.8) is 0 Å². The van der Waals surface area contributed by atoms with Gasteiger partial charge in [0.1, 0.15) is 11.8 Å². The number of rotatable bonds is 3.